The third-order valence-electron chi connectivity index (χ3n) is 2.74. The quantitative estimate of drug-likeness (QED) is 0.745. The number of hydrogen-bond acceptors (Lipinski definition) is 2. The molecule has 1 nitrogen and oxygen atoms in total. The Morgan fingerprint density at radius 3 is 3.00 bits per heavy atom. The summed E-state index contributed by atoms with van der Waals surface area (Å²) >= 11 is 1.85. The third-order valence-corrected chi connectivity index (χ3v) is 3.78. The summed E-state index contributed by atoms with van der Waals surface area (Å²) < 4.78 is 0. The van der Waals surface area contributed by atoms with Crippen LogP contribution in [0.4, 0.5) is 0 Å². The van der Waals surface area contributed by atoms with Gasteiger partial charge in [0, 0.05) is 11.5 Å². The van der Waals surface area contributed by atoms with Crippen molar-refractivity contribution in [3.8, 4) is 0 Å². The molecule has 1 saturated carbocycles. The van der Waals surface area contributed by atoms with E-state index in [9.17, 15) is 0 Å². The lowest BCUT2D eigenvalue weighted by Gasteiger charge is -2.06. The molecule has 0 aliphatic heterocycles. The Balaban J connectivity index is 2.00. The van der Waals surface area contributed by atoms with Crippen molar-refractivity contribution in [2.24, 2.45) is 5.92 Å². The highest BCUT2D eigenvalue weighted by atomic mass is 32.1. The zero-order valence-corrected chi connectivity index (χ0v) is 7.89. The summed E-state index contributed by atoms with van der Waals surface area (Å²) in [6.07, 6.45) is 3.67. The minimum atomic E-state index is 0.377. The smallest absolute Gasteiger partial charge is 0.0459 e. The van der Waals surface area contributed by atoms with Crippen LogP contribution in [0.3, 0.4) is 0 Å². The first-order valence-electron chi connectivity index (χ1n) is 4.54. The monoisotopic (exact) mass is 182 g/mol. The molecule has 1 aliphatic rings. The molecule has 1 aliphatic carbocycles. The molecule has 12 heavy (non-hydrogen) atoms. The molecule has 2 atom stereocenters. The van der Waals surface area contributed by atoms with Crippen molar-refractivity contribution in [3.63, 3.8) is 0 Å². The molecule has 0 saturated heterocycles. The molecule has 1 aromatic heterocycles. The highest BCUT2D eigenvalue weighted by Gasteiger charge is 2.25. The van der Waals surface area contributed by atoms with Gasteiger partial charge in [0.15, 0.2) is 0 Å². The Morgan fingerprint density at radius 1 is 1.50 bits per heavy atom. The number of thiophene rings is 1. The van der Waals surface area contributed by atoms with Gasteiger partial charge in [-0.15, -0.1) is 11.3 Å². The highest BCUT2D eigenvalue weighted by molar-refractivity contribution is 7.10. The summed E-state index contributed by atoms with van der Waals surface area (Å²) in [5, 5.41) is 11.1. The predicted molar refractivity (Wildman–Crippen MR) is 51.5 cm³/mol. The van der Waals surface area contributed by atoms with E-state index in [0.717, 1.165) is 5.92 Å². The molecule has 0 spiro atoms. The molecule has 1 N–H and O–H groups in total. The molecule has 1 fully saturated rings. The second-order valence-corrected chi connectivity index (χ2v) is 4.55. The van der Waals surface area contributed by atoms with Gasteiger partial charge in [0.05, 0.1) is 0 Å². The first kappa shape index (κ1) is 8.27. The lowest BCUT2D eigenvalue weighted by molar-refractivity contribution is 0.229. The van der Waals surface area contributed by atoms with E-state index < -0.39 is 0 Å². The van der Waals surface area contributed by atoms with Gasteiger partial charge >= 0.3 is 0 Å². The van der Waals surface area contributed by atoms with Crippen LogP contribution < -0.4 is 0 Å². The van der Waals surface area contributed by atoms with E-state index in [1.54, 1.807) is 0 Å². The normalized spacial score (nSPS) is 29.4. The lowest BCUT2D eigenvalue weighted by atomic mass is 10.0. The molecular weight excluding hydrogens is 168 g/mol. The van der Waals surface area contributed by atoms with Crippen molar-refractivity contribution in [3.05, 3.63) is 22.4 Å². The molecule has 2 rings (SSSR count). The van der Waals surface area contributed by atoms with E-state index in [4.69, 9.17) is 5.11 Å². The number of rotatable bonds is 2. The van der Waals surface area contributed by atoms with E-state index in [2.05, 4.69) is 17.5 Å². The zero-order valence-electron chi connectivity index (χ0n) is 7.07. The second-order valence-electron chi connectivity index (χ2n) is 3.57. The van der Waals surface area contributed by atoms with Crippen LogP contribution in [0.5, 0.6) is 0 Å². The van der Waals surface area contributed by atoms with Crippen LogP contribution in [0.1, 0.15) is 30.1 Å². The van der Waals surface area contributed by atoms with Crippen molar-refractivity contribution in [1.29, 1.82) is 0 Å². The maximum Gasteiger partial charge on any atom is 0.0459 e. The molecular formula is C10H14OS. The van der Waals surface area contributed by atoms with Crippen LogP contribution in [0.2, 0.25) is 0 Å². The van der Waals surface area contributed by atoms with Gasteiger partial charge in [-0.2, -0.15) is 0 Å². The zero-order chi connectivity index (χ0) is 8.39. The topological polar surface area (TPSA) is 20.2 Å². The minimum Gasteiger partial charge on any atom is -0.396 e. The largest absolute Gasteiger partial charge is 0.396 e. The van der Waals surface area contributed by atoms with Crippen LogP contribution in [0, 0.1) is 5.92 Å². The Hall–Kier alpha value is -0.340. The average molecular weight is 182 g/mol. The van der Waals surface area contributed by atoms with E-state index >= 15 is 0 Å². The standard InChI is InChI=1S/C10H14OS/c11-7-8-3-4-9(6-8)10-2-1-5-12-10/h1-2,5,8-9,11H,3-4,6-7H2/t8-,9?/m0/s1. The fourth-order valence-electron chi connectivity index (χ4n) is 2.02. The molecule has 1 unspecified atom stereocenters. The average Bonchev–Trinajstić information content (AvgIpc) is 2.75. The summed E-state index contributed by atoms with van der Waals surface area (Å²) in [4.78, 5) is 1.51. The SMILES string of the molecule is OC[C@H]1CCC(c2cccs2)C1. The van der Waals surface area contributed by atoms with E-state index in [0.29, 0.717) is 12.5 Å². The fourth-order valence-corrected chi connectivity index (χ4v) is 2.90. The van der Waals surface area contributed by atoms with Gasteiger partial charge in [-0.3, -0.25) is 0 Å². The van der Waals surface area contributed by atoms with Gasteiger partial charge in [0.1, 0.15) is 0 Å². The van der Waals surface area contributed by atoms with Crippen molar-refractivity contribution < 1.29 is 5.11 Å². The van der Waals surface area contributed by atoms with E-state index in [1.165, 1.54) is 24.1 Å². The van der Waals surface area contributed by atoms with E-state index in [-0.39, 0.29) is 0 Å². The summed E-state index contributed by atoms with van der Waals surface area (Å²) in [7, 11) is 0. The maximum absolute atomic E-state index is 8.98. The summed E-state index contributed by atoms with van der Waals surface area (Å²) in [5.74, 6) is 1.30. The van der Waals surface area contributed by atoms with Crippen molar-refractivity contribution in [1.82, 2.24) is 0 Å². The Bertz CT molecular complexity index is 230. The van der Waals surface area contributed by atoms with Crippen LogP contribution in [-0.4, -0.2) is 11.7 Å². The molecule has 0 amide bonds. The van der Waals surface area contributed by atoms with Gasteiger partial charge in [0.25, 0.3) is 0 Å². The summed E-state index contributed by atoms with van der Waals surface area (Å²) in [6, 6.07) is 4.33. The van der Waals surface area contributed by atoms with Gasteiger partial charge in [-0.25, -0.2) is 0 Å². The summed E-state index contributed by atoms with van der Waals surface area (Å²) in [6.45, 7) is 0.377. The Labute approximate surface area is 77.0 Å². The summed E-state index contributed by atoms with van der Waals surface area (Å²) in [5.41, 5.74) is 0. The third kappa shape index (κ3) is 1.54. The van der Waals surface area contributed by atoms with Gasteiger partial charge in [0.2, 0.25) is 0 Å². The maximum atomic E-state index is 8.98. The fraction of sp³-hybridized carbons (Fsp3) is 0.600. The first-order valence-corrected chi connectivity index (χ1v) is 5.42. The Morgan fingerprint density at radius 2 is 2.42 bits per heavy atom. The number of hydrogen-bond donors (Lipinski definition) is 1. The molecule has 2 heteroatoms. The highest BCUT2D eigenvalue weighted by Crippen LogP contribution is 2.39. The number of aliphatic hydroxyl groups is 1. The Kier molecular flexibility index (Phi) is 2.47. The first-order chi connectivity index (χ1) is 5.90. The molecule has 0 bridgehead atoms. The minimum absolute atomic E-state index is 0.377. The van der Waals surface area contributed by atoms with Crippen molar-refractivity contribution in [2.75, 3.05) is 6.61 Å². The van der Waals surface area contributed by atoms with Crippen LogP contribution in [0.25, 0.3) is 0 Å². The number of aliphatic hydroxyl groups excluding tert-OH is 1. The van der Waals surface area contributed by atoms with Gasteiger partial charge in [-0.05, 0) is 42.5 Å². The van der Waals surface area contributed by atoms with Crippen molar-refractivity contribution in [2.45, 2.75) is 25.2 Å². The molecule has 0 aromatic carbocycles. The van der Waals surface area contributed by atoms with Crippen LogP contribution in [-0.2, 0) is 0 Å². The van der Waals surface area contributed by atoms with Crippen molar-refractivity contribution >= 4 is 11.3 Å². The second kappa shape index (κ2) is 3.58. The van der Waals surface area contributed by atoms with E-state index in [1.807, 2.05) is 11.3 Å². The predicted octanol–water partition coefficient (Wildman–Crippen LogP) is 2.62. The van der Waals surface area contributed by atoms with Crippen LogP contribution >= 0.6 is 11.3 Å². The lowest BCUT2D eigenvalue weighted by Crippen LogP contribution is -1.99. The molecule has 66 valence electrons. The molecule has 1 heterocycles. The van der Waals surface area contributed by atoms with Gasteiger partial charge in [-0.1, -0.05) is 6.07 Å². The van der Waals surface area contributed by atoms with Crippen LogP contribution in [0.15, 0.2) is 17.5 Å². The molecule has 0 radical (unpaired) electrons. The molecule has 1 aromatic rings. The van der Waals surface area contributed by atoms with Gasteiger partial charge < -0.3 is 5.11 Å².